The molecule has 160 valence electrons. The van der Waals surface area contributed by atoms with Crippen molar-refractivity contribution in [2.75, 3.05) is 6.61 Å². The lowest BCUT2D eigenvalue weighted by Gasteiger charge is -2.50. The summed E-state index contributed by atoms with van der Waals surface area (Å²) in [5.41, 5.74) is -0.939. The molecule has 7 nitrogen and oxygen atoms in total. The summed E-state index contributed by atoms with van der Waals surface area (Å²) >= 11 is 0. The highest BCUT2D eigenvalue weighted by Gasteiger charge is 2.55. The molecule has 0 aromatic rings. The second kappa shape index (κ2) is 7.37. The lowest BCUT2D eigenvalue weighted by Crippen LogP contribution is -2.48. The van der Waals surface area contributed by atoms with Crippen LogP contribution >= 0.6 is 0 Å². The Balaban J connectivity index is 2.02. The highest BCUT2D eigenvalue weighted by molar-refractivity contribution is 7.87. The van der Waals surface area contributed by atoms with Crippen molar-refractivity contribution in [3.05, 3.63) is 12.2 Å². The molecule has 0 spiro atoms. The number of carbonyl (C=O) groups excluding carboxylic acids is 2. The van der Waals surface area contributed by atoms with Crippen LogP contribution in [0.1, 0.15) is 52.9 Å². The molecular formula is C18H26F2O7S. The molecule has 0 aromatic carbocycles. The van der Waals surface area contributed by atoms with E-state index in [0.29, 0.717) is 31.3 Å². The van der Waals surface area contributed by atoms with Crippen LogP contribution in [-0.4, -0.2) is 42.4 Å². The zero-order valence-electron chi connectivity index (χ0n) is 16.2. The van der Waals surface area contributed by atoms with Gasteiger partial charge in [-0.3, -0.25) is 4.55 Å². The van der Waals surface area contributed by atoms with Crippen molar-refractivity contribution in [1.82, 2.24) is 0 Å². The fourth-order valence-corrected chi connectivity index (χ4v) is 4.94. The monoisotopic (exact) mass is 424 g/mol. The van der Waals surface area contributed by atoms with Crippen LogP contribution in [0.5, 0.6) is 0 Å². The van der Waals surface area contributed by atoms with Crippen LogP contribution in [0.3, 0.4) is 0 Å². The molecule has 2 rings (SSSR count). The molecule has 2 bridgehead atoms. The van der Waals surface area contributed by atoms with Gasteiger partial charge in [-0.2, -0.15) is 17.2 Å². The molecule has 0 saturated heterocycles. The van der Waals surface area contributed by atoms with Crippen molar-refractivity contribution in [2.45, 2.75) is 63.7 Å². The van der Waals surface area contributed by atoms with Crippen molar-refractivity contribution in [1.29, 1.82) is 0 Å². The van der Waals surface area contributed by atoms with E-state index < -0.39 is 38.3 Å². The topological polar surface area (TPSA) is 107 Å². The number of fused-ring (bicyclic) bond motifs is 2. The lowest BCUT2D eigenvalue weighted by atomic mass is 9.58. The summed E-state index contributed by atoms with van der Waals surface area (Å²) in [4.78, 5) is 23.3. The molecule has 1 N–H and O–H groups in total. The van der Waals surface area contributed by atoms with Crippen LogP contribution in [0.4, 0.5) is 8.78 Å². The molecule has 28 heavy (non-hydrogen) atoms. The zero-order valence-corrected chi connectivity index (χ0v) is 17.0. The van der Waals surface area contributed by atoms with Crippen LogP contribution < -0.4 is 0 Å². The van der Waals surface area contributed by atoms with Gasteiger partial charge in [-0.15, -0.1) is 0 Å². The Morgan fingerprint density at radius 3 is 2.11 bits per heavy atom. The minimum atomic E-state index is -5.89. The number of halogens is 2. The van der Waals surface area contributed by atoms with E-state index >= 15 is 0 Å². The van der Waals surface area contributed by atoms with Crippen molar-refractivity contribution >= 4 is 22.1 Å². The van der Waals surface area contributed by atoms with Crippen LogP contribution in [0.25, 0.3) is 0 Å². The maximum Gasteiger partial charge on any atom is 0.465 e. The van der Waals surface area contributed by atoms with Crippen LogP contribution in [-0.2, 0) is 29.2 Å². The maximum absolute atomic E-state index is 13.4. The van der Waals surface area contributed by atoms with Gasteiger partial charge in [0.1, 0.15) is 5.60 Å². The average molecular weight is 424 g/mol. The fourth-order valence-electron chi connectivity index (χ4n) is 4.67. The predicted molar refractivity (Wildman–Crippen MR) is 94.9 cm³/mol. The third-order valence-electron chi connectivity index (χ3n) is 5.47. The number of ether oxygens (including phenoxy) is 2. The molecule has 2 unspecified atom stereocenters. The van der Waals surface area contributed by atoms with Gasteiger partial charge in [0, 0.05) is 11.0 Å². The molecule has 0 amide bonds. The van der Waals surface area contributed by atoms with Crippen molar-refractivity contribution in [3.8, 4) is 0 Å². The summed E-state index contributed by atoms with van der Waals surface area (Å²) in [6.07, 6.45) is 3.17. The van der Waals surface area contributed by atoms with Gasteiger partial charge in [0.25, 0.3) is 0 Å². The minimum absolute atomic E-state index is 0.140. The third kappa shape index (κ3) is 4.89. The molecule has 0 aliphatic heterocycles. The number of hydrogen-bond acceptors (Lipinski definition) is 6. The standard InChI is InChI=1S/C18H26F2O7S/c1-11(2)14(21)27-17(4)8-12-5-13(9-17)7-16(3,6-12)10-26-15(22)18(19,20)28(23,24)25/h12-13H,1,5-10H2,2-4H3,(H,23,24,25). The van der Waals surface area contributed by atoms with Gasteiger partial charge in [0.05, 0.1) is 6.61 Å². The number of carbonyl (C=O) groups is 2. The Morgan fingerprint density at radius 2 is 1.68 bits per heavy atom. The second-order valence-corrected chi connectivity index (χ2v) is 10.2. The van der Waals surface area contributed by atoms with E-state index in [1.54, 1.807) is 13.8 Å². The third-order valence-corrected chi connectivity index (χ3v) is 6.29. The summed E-state index contributed by atoms with van der Waals surface area (Å²) in [7, 11) is -5.89. The molecule has 2 aliphatic carbocycles. The molecule has 2 atom stereocenters. The Morgan fingerprint density at radius 1 is 1.18 bits per heavy atom. The van der Waals surface area contributed by atoms with E-state index in [-0.39, 0.29) is 18.4 Å². The van der Waals surface area contributed by atoms with E-state index in [2.05, 4.69) is 11.3 Å². The maximum atomic E-state index is 13.4. The van der Waals surface area contributed by atoms with Gasteiger partial charge in [-0.25, -0.2) is 9.59 Å². The summed E-state index contributed by atoms with van der Waals surface area (Å²) in [6, 6.07) is 0. The van der Waals surface area contributed by atoms with Gasteiger partial charge >= 0.3 is 27.3 Å². The molecule has 10 heteroatoms. The zero-order chi connectivity index (χ0) is 21.5. The van der Waals surface area contributed by atoms with Gasteiger partial charge in [0.2, 0.25) is 0 Å². The first-order chi connectivity index (χ1) is 12.6. The highest BCUT2D eigenvalue weighted by atomic mass is 32.2. The smallest absolute Gasteiger partial charge is 0.460 e. The van der Waals surface area contributed by atoms with Gasteiger partial charge < -0.3 is 9.47 Å². The first-order valence-electron chi connectivity index (χ1n) is 8.98. The van der Waals surface area contributed by atoms with Gasteiger partial charge in [-0.1, -0.05) is 13.5 Å². The van der Waals surface area contributed by atoms with E-state index in [9.17, 15) is 26.8 Å². The van der Waals surface area contributed by atoms with Crippen LogP contribution in [0, 0.1) is 17.3 Å². The highest BCUT2D eigenvalue weighted by Crippen LogP contribution is 2.52. The first kappa shape index (κ1) is 22.7. The molecule has 0 radical (unpaired) electrons. The summed E-state index contributed by atoms with van der Waals surface area (Å²) in [5, 5.41) is -5.00. The summed E-state index contributed by atoms with van der Waals surface area (Å²) in [5.74, 6) is -2.46. The molecule has 0 heterocycles. The molecule has 2 fully saturated rings. The Hall–Kier alpha value is -1.55. The van der Waals surface area contributed by atoms with Crippen LogP contribution in [0.2, 0.25) is 0 Å². The van der Waals surface area contributed by atoms with Crippen LogP contribution in [0.15, 0.2) is 12.2 Å². The number of hydrogen-bond donors (Lipinski definition) is 1. The predicted octanol–water partition coefficient (Wildman–Crippen LogP) is 3.10. The number of alkyl halides is 2. The fraction of sp³-hybridized carbons (Fsp3) is 0.778. The Kier molecular flexibility index (Phi) is 5.98. The van der Waals surface area contributed by atoms with E-state index in [1.807, 2.05) is 6.92 Å². The average Bonchev–Trinajstić information content (AvgIpc) is 2.49. The quantitative estimate of drug-likeness (QED) is 0.397. The SMILES string of the molecule is C=C(C)C(=O)OC1(C)CC2CC(CC(C)(COC(=O)C(F)(F)S(=O)(=O)O)C2)C1. The van der Waals surface area contributed by atoms with Crippen molar-refractivity contribution in [3.63, 3.8) is 0 Å². The summed E-state index contributed by atoms with van der Waals surface area (Å²) in [6.45, 7) is 8.42. The number of esters is 2. The van der Waals surface area contributed by atoms with Gasteiger partial charge in [-0.05, 0) is 57.8 Å². The van der Waals surface area contributed by atoms with Gasteiger partial charge in [0.15, 0.2) is 0 Å². The second-order valence-electron chi connectivity index (χ2n) is 8.78. The summed E-state index contributed by atoms with van der Waals surface area (Å²) < 4.78 is 66.7. The Labute approximate surface area is 163 Å². The molecule has 0 aromatic heterocycles. The van der Waals surface area contributed by atoms with E-state index in [1.165, 1.54) is 0 Å². The lowest BCUT2D eigenvalue weighted by molar-refractivity contribution is -0.172. The normalized spacial score (nSPS) is 33.1. The molecular weight excluding hydrogens is 398 g/mol. The molecule has 2 saturated carbocycles. The van der Waals surface area contributed by atoms with E-state index in [0.717, 1.165) is 6.42 Å². The van der Waals surface area contributed by atoms with Crippen molar-refractivity contribution in [2.24, 2.45) is 17.3 Å². The first-order valence-corrected chi connectivity index (χ1v) is 10.4. The Bertz CT molecular complexity index is 761. The van der Waals surface area contributed by atoms with Crippen molar-refractivity contribution < 1.29 is 40.8 Å². The minimum Gasteiger partial charge on any atom is -0.460 e. The number of rotatable bonds is 6. The largest absolute Gasteiger partial charge is 0.465 e. The molecule has 2 aliphatic rings. The van der Waals surface area contributed by atoms with E-state index in [4.69, 9.17) is 9.29 Å².